The van der Waals surface area contributed by atoms with Gasteiger partial charge >= 0.3 is 0 Å². The molecule has 3 atom stereocenters. The Kier molecular flexibility index (Phi) is 5.91. The monoisotopic (exact) mass is 297 g/mol. The number of aryl methyl sites for hydroxylation is 1. The second kappa shape index (κ2) is 7.46. The first-order valence-electron chi connectivity index (χ1n) is 8.11. The van der Waals surface area contributed by atoms with E-state index in [1.807, 2.05) is 6.20 Å². The van der Waals surface area contributed by atoms with Gasteiger partial charge in [-0.3, -0.25) is 4.68 Å². The van der Waals surface area contributed by atoms with E-state index in [2.05, 4.69) is 35.9 Å². The molecule has 1 heterocycles. The fourth-order valence-corrected chi connectivity index (χ4v) is 3.67. The van der Waals surface area contributed by atoms with Crippen molar-refractivity contribution < 1.29 is 0 Å². The van der Waals surface area contributed by atoms with Gasteiger partial charge in [0.2, 0.25) is 0 Å². The molecule has 114 valence electrons. The second-order valence-electron chi connectivity index (χ2n) is 6.21. The van der Waals surface area contributed by atoms with Gasteiger partial charge in [0.25, 0.3) is 0 Å². The van der Waals surface area contributed by atoms with E-state index in [0.29, 0.717) is 12.0 Å². The summed E-state index contributed by atoms with van der Waals surface area (Å²) in [5.41, 5.74) is 1.21. The van der Waals surface area contributed by atoms with Gasteiger partial charge in [-0.15, -0.1) is 0 Å². The van der Waals surface area contributed by atoms with E-state index in [9.17, 15) is 0 Å². The van der Waals surface area contributed by atoms with Crippen LogP contribution in [-0.2, 0) is 6.54 Å². The van der Waals surface area contributed by atoms with Crippen LogP contribution in [0.15, 0.2) is 6.20 Å². The van der Waals surface area contributed by atoms with Gasteiger partial charge in [0, 0.05) is 6.54 Å². The van der Waals surface area contributed by atoms with Crippen molar-refractivity contribution in [1.29, 1.82) is 0 Å². The molecule has 0 aromatic carbocycles. The molecule has 2 rings (SSSR count). The van der Waals surface area contributed by atoms with Gasteiger partial charge in [0.05, 0.1) is 23.0 Å². The maximum absolute atomic E-state index is 6.45. The van der Waals surface area contributed by atoms with Crippen molar-refractivity contribution in [2.75, 3.05) is 6.54 Å². The predicted octanol–water partition coefficient (Wildman–Crippen LogP) is 4.42. The van der Waals surface area contributed by atoms with Gasteiger partial charge in [0.1, 0.15) is 0 Å². The molecule has 1 aliphatic rings. The fourth-order valence-electron chi connectivity index (χ4n) is 3.41. The molecule has 20 heavy (non-hydrogen) atoms. The molecule has 3 unspecified atom stereocenters. The zero-order chi connectivity index (χ0) is 14.5. The Hall–Kier alpha value is -0.540. The van der Waals surface area contributed by atoms with Crippen LogP contribution in [0.4, 0.5) is 0 Å². The maximum Gasteiger partial charge on any atom is 0.0834 e. The summed E-state index contributed by atoms with van der Waals surface area (Å²) in [5.74, 6) is 1.54. The Morgan fingerprint density at radius 2 is 2.20 bits per heavy atom. The highest BCUT2D eigenvalue weighted by Gasteiger charge is 2.32. The number of nitrogens with one attached hydrogen (secondary N) is 1. The van der Waals surface area contributed by atoms with Crippen LogP contribution in [0.25, 0.3) is 0 Å². The smallest absolute Gasteiger partial charge is 0.0834 e. The molecule has 0 spiro atoms. The Morgan fingerprint density at radius 1 is 1.40 bits per heavy atom. The van der Waals surface area contributed by atoms with Gasteiger partial charge in [-0.2, -0.15) is 5.10 Å². The lowest BCUT2D eigenvalue weighted by atomic mass is 9.94. The lowest BCUT2D eigenvalue weighted by Gasteiger charge is -2.26. The van der Waals surface area contributed by atoms with Crippen LogP contribution in [0.5, 0.6) is 0 Å². The number of halogens is 1. The molecule has 1 N–H and O–H groups in total. The molecule has 0 saturated heterocycles. The Morgan fingerprint density at radius 3 is 2.80 bits per heavy atom. The third-order valence-electron chi connectivity index (χ3n) is 4.38. The average Bonchev–Trinajstić information content (AvgIpc) is 3.00. The Labute approximate surface area is 128 Å². The standard InChI is InChI=1S/C16H28ClN3/c1-4-8-18-15(13-7-6-12(3)10-13)16-14(17)11-19-20(16)9-5-2/h11-13,15,18H,4-10H2,1-3H3. The summed E-state index contributed by atoms with van der Waals surface area (Å²) in [4.78, 5) is 0. The predicted molar refractivity (Wildman–Crippen MR) is 85.1 cm³/mol. The summed E-state index contributed by atoms with van der Waals surface area (Å²) in [6.07, 6.45) is 8.00. The van der Waals surface area contributed by atoms with E-state index >= 15 is 0 Å². The minimum Gasteiger partial charge on any atom is -0.308 e. The van der Waals surface area contributed by atoms with Gasteiger partial charge in [-0.05, 0) is 44.1 Å². The van der Waals surface area contributed by atoms with E-state index in [4.69, 9.17) is 11.6 Å². The van der Waals surface area contributed by atoms with Crippen molar-refractivity contribution in [2.24, 2.45) is 11.8 Å². The Bertz CT molecular complexity index is 416. The molecule has 1 aliphatic carbocycles. The number of hydrogen-bond acceptors (Lipinski definition) is 2. The first-order chi connectivity index (χ1) is 9.67. The van der Waals surface area contributed by atoms with Gasteiger partial charge in [0.15, 0.2) is 0 Å². The van der Waals surface area contributed by atoms with Gasteiger partial charge in [-0.1, -0.05) is 38.8 Å². The number of rotatable bonds is 7. The summed E-state index contributed by atoms with van der Waals surface area (Å²) in [5, 5.41) is 9.02. The highest BCUT2D eigenvalue weighted by Crippen LogP contribution is 2.40. The molecular weight excluding hydrogens is 270 g/mol. The van der Waals surface area contributed by atoms with Crippen molar-refractivity contribution in [3.8, 4) is 0 Å². The maximum atomic E-state index is 6.45. The van der Waals surface area contributed by atoms with Crippen molar-refractivity contribution in [1.82, 2.24) is 15.1 Å². The fraction of sp³-hybridized carbons (Fsp3) is 0.812. The van der Waals surface area contributed by atoms with Gasteiger partial charge in [-0.25, -0.2) is 0 Å². The normalized spacial score (nSPS) is 24.2. The van der Waals surface area contributed by atoms with Gasteiger partial charge < -0.3 is 5.32 Å². The molecule has 0 aliphatic heterocycles. The molecule has 0 amide bonds. The molecule has 3 nitrogen and oxygen atoms in total. The van der Waals surface area contributed by atoms with Crippen LogP contribution in [0.3, 0.4) is 0 Å². The largest absolute Gasteiger partial charge is 0.308 e. The van der Waals surface area contributed by atoms with Crippen LogP contribution in [0, 0.1) is 11.8 Å². The summed E-state index contributed by atoms with van der Waals surface area (Å²) < 4.78 is 2.11. The second-order valence-corrected chi connectivity index (χ2v) is 6.62. The zero-order valence-corrected chi connectivity index (χ0v) is 13.8. The van der Waals surface area contributed by atoms with Crippen molar-refractivity contribution in [3.05, 3.63) is 16.9 Å². The van der Waals surface area contributed by atoms with Crippen LogP contribution in [0.1, 0.15) is 64.6 Å². The molecule has 1 aromatic rings. The SMILES string of the molecule is CCCNC(c1c(Cl)cnn1CCC)C1CCC(C)C1. The summed E-state index contributed by atoms with van der Waals surface area (Å²) >= 11 is 6.45. The highest BCUT2D eigenvalue weighted by atomic mass is 35.5. The summed E-state index contributed by atoms with van der Waals surface area (Å²) in [7, 11) is 0. The summed E-state index contributed by atoms with van der Waals surface area (Å²) in [6.45, 7) is 8.76. The molecule has 0 radical (unpaired) electrons. The first kappa shape index (κ1) is 15.8. The van der Waals surface area contributed by atoms with E-state index < -0.39 is 0 Å². The molecule has 1 saturated carbocycles. The van der Waals surface area contributed by atoms with E-state index in [0.717, 1.165) is 36.9 Å². The van der Waals surface area contributed by atoms with Crippen molar-refractivity contribution in [3.63, 3.8) is 0 Å². The highest BCUT2D eigenvalue weighted by molar-refractivity contribution is 6.31. The topological polar surface area (TPSA) is 29.9 Å². The number of nitrogens with zero attached hydrogens (tertiary/aromatic N) is 2. The number of aromatic nitrogens is 2. The average molecular weight is 298 g/mol. The molecule has 1 aromatic heterocycles. The molecule has 4 heteroatoms. The zero-order valence-electron chi connectivity index (χ0n) is 13.0. The Balaban J connectivity index is 2.23. The summed E-state index contributed by atoms with van der Waals surface area (Å²) in [6, 6.07) is 0.362. The number of hydrogen-bond donors (Lipinski definition) is 1. The third kappa shape index (κ3) is 3.56. The van der Waals surface area contributed by atoms with E-state index in [1.165, 1.54) is 25.0 Å². The molecular formula is C16H28ClN3. The van der Waals surface area contributed by atoms with Crippen molar-refractivity contribution in [2.45, 2.75) is 65.5 Å². The minimum atomic E-state index is 0.362. The lowest BCUT2D eigenvalue weighted by Crippen LogP contribution is -2.30. The first-order valence-corrected chi connectivity index (χ1v) is 8.49. The van der Waals surface area contributed by atoms with Crippen LogP contribution in [0.2, 0.25) is 5.02 Å². The van der Waals surface area contributed by atoms with E-state index in [1.54, 1.807) is 0 Å². The van der Waals surface area contributed by atoms with Crippen LogP contribution < -0.4 is 5.32 Å². The minimum absolute atomic E-state index is 0.362. The molecule has 1 fully saturated rings. The third-order valence-corrected chi connectivity index (χ3v) is 4.68. The molecule has 0 bridgehead atoms. The van der Waals surface area contributed by atoms with Crippen LogP contribution in [-0.4, -0.2) is 16.3 Å². The van der Waals surface area contributed by atoms with E-state index in [-0.39, 0.29) is 0 Å². The van der Waals surface area contributed by atoms with Crippen LogP contribution >= 0.6 is 11.6 Å². The van der Waals surface area contributed by atoms with Crippen molar-refractivity contribution >= 4 is 11.6 Å². The quantitative estimate of drug-likeness (QED) is 0.807. The lowest BCUT2D eigenvalue weighted by molar-refractivity contribution is 0.337.